The van der Waals surface area contributed by atoms with E-state index in [1.807, 2.05) is 26.0 Å². The Kier molecular flexibility index (Phi) is 12.2. The fourth-order valence-electron chi connectivity index (χ4n) is 3.66. The molecule has 39 heavy (non-hydrogen) atoms. The van der Waals surface area contributed by atoms with Crippen LogP contribution in [0.5, 0.6) is 11.5 Å². The number of rotatable bonds is 14. The Labute approximate surface area is 244 Å². The van der Waals surface area contributed by atoms with E-state index in [0.717, 1.165) is 11.1 Å². The SMILES string of the molecule is CCS(=O)(=O)C[C@H](COc1c(Cl)cc(C(C)(C)c2ccc(OC[C@@H](CCl)OC(C)=O)cc2)cc1Cl)OC(C)=O. The standard InChI is InChI=1S/C27H33Cl3O8S/c1-6-39(33,34)16-23(38-18(3)32)15-36-26-24(29)11-20(12-25(26)30)27(4,5)19-7-9-21(10-8-19)35-14-22(13-28)37-17(2)31/h7-12,22-23H,6,13-16H2,1-5H3/t22-,23+/m1/s1. The summed E-state index contributed by atoms with van der Waals surface area (Å²) in [5.41, 5.74) is 1.24. The third-order valence-electron chi connectivity index (χ3n) is 5.86. The molecule has 0 radical (unpaired) electrons. The van der Waals surface area contributed by atoms with Crippen LogP contribution in [0.15, 0.2) is 36.4 Å². The Hall–Kier alpha value is -2.20. The lowest BCUT2D eigenvalue weighted by Crippen LogP contribution is -2.32. The van der Waals surface area contributed by atoms with Crippen LogP contribution in [0.4, 0.5) is 0 Å². The molecule has 0 saturated heterocycles. The lowest BCUT2D eigenvalue weighted by molar-refractivity contribution is -0.147. The topological polar surface area (TPSA) is 105 Å². The van der Waals surface area contributed by atoms with Crippen molar-refractivity contribution in [1.29, 1.82) is 0 Å². The van der Waals surface area contributed by atoms with E-state index in [9.17, 15) is 18.0 Å². The van der Waals surface area contributed by atoms with Crippen molar-refractivity contribution in [3.63, 3.8) is 0 Å². The highest BCUT2D eigenvalue weighted by molar-refractivity contribution is 7.91. The molecule has 0 saturated carbocycles. The molecule has 2 rings (SSSR count). The van der Waals surface area contributed by atoms with Crippen molar-refractivity contribution in [3.8, 4) is 11.5 Å². The van der Waals surface area contributed by atoms with Crippen molar-refractivity contribution in [2.24, 2.45) is 0 Å². The second-order valence-corrected chi connectivity index (χ2v) is 12.9. The van der Waals surface area contributed by atoms with Gasteiger partial charge in [-0.15, -0.1) is 11.6 Å². The Morgan fingerprint density at radius 1 is 0.872 bits per heavy atom. The maximum atomic E-state index is 12.0. The molecular weight excluding hydrogens is 591 g/mol. The summed E-state index contributed by atoms with van der Waals surface area (Å²) >= 11 is 18.9. The highest BCUT2D eigenvalue weighted by Crippen LogP contribution is 2.40. The van der Waals surface area contributed by atoms with Gasteiger partial charge in [0.05, 0.1) is 21.7 Å². The Morgan fingerprint density at radius 3 is 1.87 bits per heavy atom. The van der Waals surface area contributed by atoms with Crippen LogP contribution < -0.4 is 9.47 Å². The van der Waals surface area contributed by atoms with E-state index in [2.05, 4.69) is 0 Å². The zero-order valence-electron chi connectivity index (χ0n) is 22.5. The number of sulfone groups is 1. The van der Waals surface area contributed by atoms with Gasteiger partial charge in [0.2, 0.25) is 0 Å². The number of ether oxygens (including phenoxy) is 4. The number of carbonyl (C=O) groups is 2. The molecule has 0 spiro atoms. The molecule has 2 aromatic rings. The summed E-state index contributed by atoms with van der Waals surface area (Å²) in [6.45, 7) is 7.92. The molecule has 216 valence electrons. The van der Waals surface area contributed by atoms with Crippen molar-refractivity contribution in [1.82, 2.24) is 0 Å². The third-order valence-corrected chi connectivity index (χ3v) is 8.53. The minimum absolute atomic E-state index is 0.0919. The lowest BCUT2D eigenvalue weighted by atomic mass is 9.78. The van der Waals surface area contributed by atoms with Gasteiger partial charge in [-0.2, -0.15) is 0 Å². The highest BCUT2D eigenvalue weighted by Gasteiger charge is 2.27. The van der Waals surface area contributed by atoms with Crippen LogP contribution in [0.25, 0.3) is 0 Å². The second-order valence-electron chi connectivity index (χ2n) is 9.36. The Balaban J connectivity index is 2.17. The van der Waals surface area contributed by atoms with E-state index >= 15 is 0 Å². The summed E-state index contributed by atoms with van der Waals surface area (Å²) in [5, 5.41) is 0.450. The average molecular weight is 624 g/mol. The summed E-state index contributed by atoms with van der Waals surface area (Å²) in [6, 6.07) is 10.9. The molecule has 0 bridgehead atoms. The molecule has 12 heteroatoms. The van der Waals surface area contributed by atoms with E-state index in [0.29, 0.717) is 5.75 Å². The fraction of sp³-hybridized carbons (Fsp3) is 0.481. The molecule has 0 aliphatic carbocycles. The van der Waals surface area contributed by atoms with Crippen LogP contribution in [-0.4, -0.2) is 63.2 Å². The molecule has 0 N–H and O–H groups in total. The number of hydrogen-bond donors (Lipinski definition) is 0. The van der Waals surface area contributed by atoms with Gasteiger partial charge in [-0.3, -0.25) is 9.59 Å². The third kappa shape index (κ3) is 10.0. The van der Waals surface area contributed by atoms with Crippen LogP contribution in [0.2, 0.25) is 10.0 Å². The normalized spacial score (nSPS) is 13.3. The number of hydrogen-bond acceptors (Lipinski definition) is 8. The van der Waals surface area contributed by atoms with E-state index in [-0.39, 0.29) is 46.4 Å². The van der Waals surface area contributed by atoms with E-state index in [1.165, 1.54) is 20.8 Å². The van der Waals surface area contributed by atoms with E-state index in [4.69, 9.17) is 53.8 Å². The molecule has 0 heterocycles. The summed E-state index contributed by atoms with van der Waals surface area (Å²) < 4.78 is 45.7. The number of esters is 2. The highest BCUT2D eigenvalue weighted by atomic mass is 35.5. The van der Waals surface area contributed by atoms with E-state index < -0.39 is 39.4 Å². The molecule has 0 amide bonds. The van der Waals surface area contributed by atoms with Crippen LogP contribution in [0.3, 0.4) is 0 Å². The van der Waals surface area contributed by atoms with Gasteiger partial charge in [0.1, 0.15) is 31.2 Å². The molecule has 0 aromatic heterocycles. The maximum absolute atomic E-state index is 12.0. The number of carbonyl (C=O) groups excluding carboxylic acids is 2. The van der Waals surface area contributed by atoms with Gasteiger partial charge in [0.25, 0.3) is 0 Å². The molecule has 0 aliphatic heterocycles. The summed E-state index contributed by atoms with van der Waals surface area (Å²) in [7, 11) is -3.42. The predicted molar refractivity (Wildman–Crippen MR) is 152 cm³/mol. The minimum Gasteiger partial charge on any atom is -0.490 e. The largest absolute Gasteiger partial charge is 0.490 e. The molecule has 0 fully saturated rings. The monoisotopic (exact) mass is 622 g/mol. The number of benzene rings is 2. The quantitative estimate of drug-likeness (QED) is 0.197. The van der Waals surface area contributed by atoms with Gasteiger partial charge in [0.15, 0.2) is 15.6 Å². The first-order valence-corrected chi connectivity index (χ1v) is 15.3. The Bertz CT molecular complexity index is 1220. The molecule has 0 unspecified atom stereocenters. The van der Waals surface area contributed by atoms with Gasteiger partial charge in [-0.1, -0.05) is 56.1 Å². The minimum atomic E-state index is -3.42. The van der Waals surface area contributed by atoms with Crippen molar-refractivity contribution < 1.29 is 37.0 Å². The van der Waals surface area contributed by atoms with Gasteiger partial charge in [-0.05, 0) is 35.4 Å². The van der Waals surface area contributed by atoms with Gasteiger partial charge in [0, 0.05) is 25.0 Å². The van der Waals surface area contributed by atoms with Crippen molar-refractivity contribution in [3.05, 3.63) is 57.6 Å². The zero-order chi connectivity index (χ0) is 29.4. The van der Waals surface area contributed by atoms with Crippen LogP contribution in [0, 0.1) is 0 Å². The number of halogens is 3. The lowest BCUT2D eigenvalue weighted by Gasteiger charge is -2.27. The van der Waals surface area contributed by atoms with Gasteiger partial charge in [-0.25, -0.2) is 8.42 Å². The molecule has 0 aliphatic rings. The first-order chi connectivity index (χ1) is 18.2. The first-order valence-electron chi connectivity index (χ1n) is 12.1. The molecule has 2 aromatic carbocycles. The van der Waals surface area contributed by atoms with Crippen molar-refractivity contribution >= 4 is 56.6 Å². The molecule has 2 atom stereocenters. The van der Waals surface area contributed by atoms with E-state index in [1.54, 1.807) is 24.3 Å². The zero-order valence-corrected chi connectivity index (χ0v) is 25.5. The first kappa shape index (κ1) is 33.0. The van der Waals surface area contributed by atoms with Gasteiger partial charge < -0.3 is 18.9 Å². The summed E-state index contributed by atoms with van der Waals surface area (Å²) in [5.74, 6) is -0.648. The van der Waals surface area contributed by atoms with Crippen molar-refractivity contribution in [2.75, 3.05) is 30.6 Å². The average Bonchev–Trinajstić information content (AvgIpc) is 2.85. The second kappa shape index (κ2) is 14.4. The fourth-order valence-corrected chi connectivity index (χ4v) is 5.37. The number of alkyl halides is 1. The van der Waals surface area contributed by atoms with Crippen LogP contribution in [0.1, 0.15) is 45.7 Å². The molecular formula is C27H33Cl3O8S. The molecule has 8 nitrogen and oxygen atoms in total. The summed E-state index contributed by atoms with van der Waals surface area (Å²) in [6.07, 6.45) is -1.56. The van der Waals surface area contributed by atoms with Crippen molar-refractivity contribution in [2.45, 2.75) is 52.2 Å². The predicted octanol–water partition coefficient (Wildman–Crippen LogP) is 5.61. The van der Waals surface area contributed by atoms with Crippen LogP contribution >= 0.6 is 34.8 Å². The van der Waals surface area contributed by atoms with Gasteiger partial charge >= 0.3 is 11.9 Å². The smallest absolute Gasteiger partial charge is 0.303 e. The maximum Gasteiger partial charge on any atom is 0.303 e. The van der Waals surface area contributed by atoms with Crippen LogP contribution in [-0.2, 0) is 34.3 Å². The Morgan fingerprint density at radius 2 is 1.38 bits per heavy atom. The summed E-state index contributed by atoms with van der Waals surface area (Å²) in [4.78, 5) is 22.6.